The van der Waals surface area contributed by atoms with Crippen LogP contribution in [0.4, 0.5) is 10.8 Å². The minimum absolute atomic E-state index is 0.0137. The summed E-state index contributed by atoms with van der Waals surface area (Å²) in [5, 5.41) is 32.7. The fourth-order valence-corrected chi connectivity index (χ4v) is 10.0. The summed E-state index contributed by atoms with van der Waals surface area (Å²) in [6.07, 6.45) is 11.6. The van der Waals surface area contributed by atoms with Crippen molar-refractivity contribution in [2.75, 3.05) is 17.6 Å². The van der Waals surface area contributed by atoms with Gasteiger partial charge in [0.25, 0.3) is 6.01 Å². The Morgan fingerprint density at radius 2 is 1.73 bits per heavy atom. The average Bonchev–Trinajstić information content (AvgIpc) is 3.85. The number of aliphatic carboxylic acids is 1. The topological polar surface area (TPSA) is 242 Å². The van der Waals surface area contributed by atoms with Crippen molar-refractivity contribution in [3.8, 4) is 22.9 Å². The van der Waals surface area contributed by atoms with Crippen LogP contribution in [0.1, 0.15) is 118 Å². The van der Waals surface area contributed by atoms with Crippen LogP contribution in [-0.2, 0) is 24.2 Å². The van der Waals surface area contributed by atoms with Gasteiger partial charge >= 0.3 is 12.0 Å². The van der Waals surface area contributed by atoms with Crippen LogP contribution >= 0.6 is 0 Å². The molecule has 0 unspecified atom stereocenters. The van der Waals surface area contributed by atoms with E-state index in [9.17, 15) is 37.8 Å². The SMILES string of the molecule is CC(C)Nc1nc(-c2cc(O[C@@H]3C[C@H]4C(=O)N[C@H](C(=O)O)CC/C=C\CCCCC[C@H](NC(=O)NC5(CS(=O)(=O)C(C)(C)C)CCCCC5)C(=O)N4C3)c3ccc(O)cc3n2)co1. The summed E-state index contributed by atoms with van der Waals surface area (Å²) >= 11 is 0. The molecule has 4 amide bonds. The number of phenolic OH excluding ortho intramolecular Hbond substituents is 1. The summed E-state index contributed by atoms with van der Waals surface area (Å²) in [5.74, 6) is -2.36. The Kier molecular flexibility index (Phi) is 14.9. The van der Waals surface area contributed by atoms with Crippen LogP contribution in [0, 0.1) is 0 Å². The number of fused-ring (bicyclic) bond motifs is 2. The molecule has 2 aliphatic heterocycles. The van der Waals surface area contributed by atoms with Gasteiger partial charge in [-0.1, -0.05) is 44.3 Å². The summed E-state index contributed by atoms with van der Waals surface area (Å²) in [6.45, 7) is 8.72. The van der Waals surface area contributed by atoms with Gasteiger partial charge in [-0.25, -0.2) is 23.0 Å². The predicted molar refractivity (Wildman–Crippen MR) is 238 cm³/mol. The Balaban J connectivity index is 1.32. The second-order valence-electron chi connectivity index (χ2n) is 18.5. The number of nitrogens with one attached hydrogen (secondary N) is 4. The Labute approximate surface area is 369 Å². The van der Waals surface area contributed by atoms with E-state index >= 15 is 0 Å². The number of hydrogen-bond donors (Lipinski definition) is 6. The van der Waals surface area contributed by atoms with Gasteiger partial charge in [-0.15, -0.1) is 0 Å². The number of sulfone groups is 1. The molecule has 18 heteroatoms. The van der Waals surface area contributed by atoms with Crippen LogP contribution in [0.15, 0.2) is 47.1 Å². The van der Waals surface area contributed by atoms with E-state index in [1.165, 1.54) is 23.3 Å². The first-order valence-corrected chi connectivity index (χ1v) is 23.8. The highest BCUT2D eigenvalue weighted by atomic mass is 32.2. The molecule has 2 aromatic heterocycles. The number of aromatic nitrogens is 2. The van der Waals surface area contributed by atoms with E-state index in [2.05, 4.69) is 26.3 Å². The van der Waals surface area contributed by atoms with Gasteiger partial charge in [0, 0.05) is 30.0 Å². The molecule has 1 aliphatic carbocycles. The number of benzene rings is 1. The maximum atomic E-state index is 14.9. The number of ether oxygens (including phenoxy) is 1. The number of aromatic hydroxyl groups is 1. The molecule has 0 spiro atoms. The molecule has 1 saturated heterocycles. The van der Waals surface area contributed by atoms with E-state index in [4.69, 9.17) is 14.1 Å². The molecule has 4 heterocycles. The van der Waals surface area contributed by atoms with E-state index in [-0.39, 0.29) is 49.4 Å². The van der Waals surface area contributed by atoms with Crippen molar-refractivity contribution >= 4 is 50.6 Å². The molecule has 344 valence electrons. The monoisotopic (exact) mass is 893 g/mol. The van der Waals surface area contributed by atoms with Gasteiger partial charge in [0.05, 0.1) is 33.8 Å². The Morgan fingerprint density at radius 3 is 2.44 bits per heavy atom. The first-order chi connectivity index (χ1) is 29.8. The molecule has 6 rings (SSSR count). The quantitative estimate of drug-likeness (QED) is 0.124. The van der Waals surface area contributed by atoms with Gasteiger partial charge in [-0.05, 0) is 91.7 Å². The number of rotatable bonds is 10. The average molecular weight is 894 g/mol. The number of allylic oxidation sites excluding steroid dienone is 2. The molecular weight excluding hydrogens is 831 g/mol. The molecule has 3 aromatic rings. The zero-order valence-electron chi connectivity index (χ0n) is 36.9. The number of anilines is 1. The lowest BCUT2D eigenvalue weighted by atomic mass is 9.83. The van der Waals surface area contributed by atoms with Crippen molar-refractivity contribution in [2.24, 2.45) is 0 Å². The summed E-state index contributed by atoms with van der Waals surface area (Å²) in [7, 11) is -3.63. The lowest BCUT2D eigenvalue weighted by Crippen LogP contribution is -2.61. The Morgan fingerprint density at radius 1 is 1.00 bits per heavy atom. The maximum Gasteiger partial charge on any atom is 0.326 e. The molecule has 0 radical (unpaired) electrons. The highest BCUT2D eigenvalue weighted by Gasteiger charge is 2.46. The van der Waals surface area contributed by atoms with Gasteiger partial charge in [0.2, 0.25) is 11.8 Å². The van der Waals surface area contributed by atoms with Crippen molar-refractivity contribution in [1.82, 2.24) is 30.8 Å². The highest BCUT2D eigenvalue weighted by molar-refractivity contribution is 7.92. The van der Waals surface area contributed by atoms with Crippen molar-refractivity contribution in [2.45, 2.75) is 159 Å². The van der Waals surface area contributed by atoms with E-state index in [0.29, 0.717) is 53.7 Å². The second kappa shape index (κ2) is 20.0. The van der Waals surface area contributed by atoms with Crippen molar-refractivity contribution < 1.29 is 47.0 Å². The molecule has 6 N–H and O–H groups in total. The first kappa shape index (κ1) is 47.1. The van der Waals surface area contributed by atoms with E-state index in [0.717, 1.165) is 38.5 Å². The number of carboxylic acids is 1. The van der Waals surface area contributed by atoms with Crippen molar-refractivity contribution in [3.63, 3.8) is 0 Å². The summed E-state index contributed by atoms with van der Waals surface area (Å²) in [4.78, 5) is 66.1. The fourth-order valence-electron chi connectivity index (χ4n) is 8.49. The summed E-state index contributed by atoms with van der Waals surface area (Å²) < 4.78 is 38.2. The van der Waals surface area contributed by atoms with E-state index in [1.54, 1.807) is 32.9 Å². The number of carbonyl (C=O) groups excluding carboxylic acids is 3. The number of nitrogens with zero attached hydrogens (tertiary/aromatic N) is 3. The lowest BCUT2D eigenvalue weighted by Gasteiger charge is -2.40. The minimum atomic E-state index is -3.63. The molecule has 17 nitrogen and oxygen atoms in total. The lowest BCUT2D eigenvalue weighted by molar-refractivity contribution is -0.144. The Hall–Kier alpha value is -5.39. The molecule has 4 atom stereocenters. The summed E-state index contributed by atoms with van der Waals surface area (Å²) in [5.41, 5.74) is 0.136. The third-order valence-corrected chi connectivity index (χ3v) is 14.8. The first-order valence-electron chi connectivity index (χ1n) is 22.2. The van der Waals surface area contributed by atoms with Crippen molar-refractivity contribution in [3.05, 3.63) is 42.7 Å². The molecule has 2 fully saturated rings. The molecule has 3 aliphatic rings. The molecule has 63 heavy (non-hydrogen) atoms. The van der Waals surface area contributed by atoms with Crippen LogP contribution < -0.4 is 26.0 Å². The van der Waals surface area contributed by atoms with Crippen LogP contribution in [0.3, 0.4) is 0 Å². The maximum absolute atomic E-state index is 14.9. The van der Waals surface area contributed by atoms with Gasteiger partial charge in [-0.3, -0.25) is 9.59 Å². The predicted octanol–water partition coefficient (Wildman–Crippen LogP) is 6.22. The fraction of sp³-hybridized carbons (Fsp3) is 0.600. The van der Waals surface area contributed by atoms with E-state index < -0.39 is 68.2 Å². The van der Waals surface area contributed by atoms with Gasteiger partial charge < -0.3 is 45.5 Å². The number of carboxylic acid groups (broad SMARTS) is 1. The third-order valence-electron chi connectivity index (χ3n) is 12.0. The number of urea groups is 1. The van der Waals surface area contributed by atoms with Crippen molar-refractivity contribution in [1.29, 1.82) is 0 Å². The van der Waals surface area contributed by atoms with Crippen LogP contribution in [0.25, 0.3) is 22.3 Å². The minimum Gasteiger partial charge on any atom is -0.508 e. The summed E-state index contributed by atoms with van der Waals surface area (Å²) in [6, 6.07) is 2.47. The second-order valence-corrected chi connectivity index (χ2v) is 21.2. The largest absolute Gasteiger partial charge is 0.508 e. The zero-order chi connectivity index (χ0) is 45.5. The molecule has 1 saturated carbocycles. The van der Waals surface area contributed by atoms with Crippen LogP contribution in [0.2, 0.25) is 0 Å². The molecular formula is C45H63N7O10S. The molecule has 0 bridgehead atoms. The zero-order valence-corrected chi connectivity index (χ0v) is 37.8. The van der Waals surface area contributed by atoms with Gasteiger partial charge in [0.1, 0.15) is 47.7 Å². The highest BCUT2D eigenvalue weighted by Crippen LogP contribution is 2.36. The third kappa shape index (κ3) is 12.0. The van der Waals surface area contributed by atoms with Gasteiger partial charge in [-0.2, -0.15) is 4.98 Å². The Bertz CT molecular complexity index is 2260. The number of pyridine rings is 1. The normalized spacial score (nSPS) is 23.4. The van der Waals surface area contributed by atoms with Gasteiger partial charge in [0.15, 0.2) is 9.84 Å². The number of phenols is 1. The van der Waals surface area contributed by atoms with Crippen LogP contribution in [-0.4, -0.2) is 110 Å². The number of oxazole rings is 1. The number of amides is 4. The number of carbonyl (C=O) groups is 4. The smallest absolute Gasteiger partial charge is 0.326 e. The standard InChI is InChI=1S/C45H63N7O10S/c1-28(2)46-43-50-36(26-61-43)35-24-38(31-19-18-29(53)22-34(31)47-35)62-30-23-37-39(54)48-33(41(56)57)17-13-10-8-6-7-9-12-16-32(40(55)52(37)25-30)49-42(58)51-45(20-14-11-15-21-45)27-63(59,60)44(3,4)5/h8,10,18-19,22,24,26,28,30,32-33,37,53H,6-7,9,11-17,20-21,23,25,27H2,1-5H3,(H,46,50)(H,48,54)(H,56,57)(H2,49,51,58)/b10-8-/t30-,32+,33+,37+/m1/s1. The van der Waals surface area contributed by atoms with E-state index in [1.807, 2.05) is 26.0 Å². The molecule has 1 aromatic carbocycles. The number of hydrogen-bond acceptors (Lipinski definition) is 12. The van der Waals surface area contributed by atoms with Crippen LogP contribution in [0.5, 0.6) is 11.5 Å².